The van der Waals surface area contributed by atoms with Crippen molar-refractivity contribution in [1.29, 1.82) is 5.41 Å². The SMILES string of the molecule is CCCCCS(=O)(=O)NC(Cc1ccc(NC(=N)N)cc1)C(=O)O. The normalized spacial score (nSPS) is 12.5. The monoisotopic (exact) mass is 356 g/mol. The molecule has 0 amide bonds. The van der Waals surface area contributed by atoms with Crippen LogP contribution in [0, 0.1) is 5.41 Å². The number of carbonyl (C=O) groups is 1. The molecule has 0 saturated carbocycles. The summed E-state index contributed by atoms with van der Waals surface area (Å²) in [4.78, 5) is 11.3. The Morgan fingerprint density at radius 2 is 1.92 bits per heavy atom. The Balaban J connectivity index is 2.72. The summed E-state index contributed by atoms with van der Waals surface area (Å²) in [7, 11) is -3.63. The van der Waals surface area contributed by atoms with Crippen LogP contribution in [0.25, 0.3) is 0 Å². The number of aliphatic carboxylic acids is 1. The Kier molecular flexibility index (Phi) is 7.66. The molecule has 1 rings (SSSR count). The second-order valence-corrected chi connectivity index (χ2v) is 7.35. The molecule has 1 unspecified atom stereocenters. The van der Waals surface area contributed by atoms with Gasteiger partial charge in [0.05, 0.1) is 5.75 Å². The molecule has 0 aromatic heterocycles. The van der Waals surface area contributed by atoms with Gasteiger partial charge in [-0.3, -0.25) is 10.2 Å². The van der Waals surface area contributed by atoms with Crippen LogP contribution in [0.2, 0.25) is 0 Å². The molecule has 1 aromatic rings. The fraction of sp³-hybridized carbons (Fsp3) is 0.467. The molecule has 134 valence electrons. The van der Waals surface area contributed by atoms with Crippen LogP contribution >= 0.6 is 0 Å². The van der Waals surface area contributed by atoms with Gasteiger partial charge in [-0.2, -0.15) is 0 Å². The van der Waals surface area contributed by atoms with Gasteiger partial charge in [-0.1, -0.05) is 31.9 Å². The van der Waals surface area contributed by atoms with Crippen molar-refractivity contribution in [2.75, 3.05) is 11.1 Å². The molecule has 9 heteroatoms. The summed E-state index contributed by atoms with van der Waals surface area (Å²) < 4.78 is 26.2. The lowest BCUT2D eigenvalue weighted by Crippen LogP contribution is -2.43. The molecular weight excluding hydrogens is 332 g/mol. The van der Waals surface area contributed by atoms with Crippen molar-refractivity contribution >= 4 is 27.6 Å². The summed E-state index contributed by atoms with van der Waals surface area (Å²) in [6.07, 6.45) is 2.20. The van der Waals surface area contributed by atoms with Gasteiger partial charge in [0.1, 0.15) is 6.04 Å². The Bertz CT molecular complexity index is 659. The number of carboxylic acids is 1. The van der Waals surface area contributed by atoms with Gasteiger partial charge in [-0.15, -0.1) is 0 Å². The molecule has 0 fully saturated rings. The first-order valence-electron chi connectivity index (χ1n) is 7.66. The lowest BCUT2D eigenvalue weighted by atomic mass is 10.1. The number of hydrogen-bond donors (Lipinski definition) is 5. The molecule has 0 bridgehead atoms. The first kappa shape index (κ1) is 19.9. The summed E-state index contributed by atoms with van der Waals surface area (Å²) in [6.45, 7) is 1.96. The summed E-state index contributed by atoms with van der Waals surface area (Å²) >= 11 is 0. The van der Waals surface area contributed by atoms with E-state index >= 15 is 0 Å². The average Bonchev–Trinajstić information content (AvgIpc) is 2.47. The van der Waals surface area contributed by atoms with E-state index in [1.165, 1.54) is 0 Å². The maximum absolute atomic E-state index is 12.0. The molecule has 24 heavy (non-hydrogen) atoms. The summed E-state index contributed by atoms with van der Waals surface area (Å²) in [5.41, 5.74) is 6.48. The number of unbranched alkanes of at least 4 members (excludes halogenated alkanes) is 2. The van der Waals surface area contributed by atoms with E-state index in [0.717, 1.165) is 12.8 Å². The summed E-state index contributed by atoms with van der Waals surface area (Å²) in [5, 5.41) is 19.0. The van der Waals surface area contributed by atoms with Gasteiger partial charge in [-0.05, 0) is 30.5 Å². The third-order valence-electron chi connectivity index (χ3n) is 3.31. The van der Waals surface area contributed by atoms with Crippen LogP contribution < -0.4 is 15.8 Å². The van der Waals surface area contributed by atoms with Crippen LogP contribution in [0.1, 0.15) is 31.7 Å². The fourth-order valence-corrected chi connectivity index (χ4v) is 3.43. The first-order valence-corrected chi connectivity index (χ1v) is 9.31. The van der Waals surface area contributed by atoms with E-state index in [2.05, 4.69) is 10.0 Å². The standard InChI is InChI=1S/C15H24N4O4S/c1-2-3-4-9-24(22,23)19-13(14(20)21)10-11-5-7-12(8-6-11)18-15(16)17/h5-8,13,19H,2-4,9-10H2,1H3,(H,20,21)(H4,16,17,18). The van der Waals surface area contributed by atoms with Crippen LogP contribution in [0.4, 0.5) is 5.69 Å². The predicted molar refractivity (Wildman–Crippen MR) is 93.6 cm³/mol. The van der Waals surface area contributed by atoms with Gasteiger partial charge in [-0.25, -0.2) is 13.1 Å². The van der Waals surface area contributed by atoms with Crippen molar-refractivity contribution in [2.24, 2.45) is 5.73 Å². The van der Waals surface area contributed by atoms with Gasteiger partial charge in [0.2, 0.25) is 10.0 Å². The van der Waals surface area contributed by atoms with Crippen molar-refractivity contribution in [3.8, 4) is 0 Å². The van der Waals surface area contributed by atoms with Gasteiger partial charge in [0.25, 0.3) is 0 Å². The Morgan fingerprint density at radius 1 is 1.29 bits per heavy atom. The van der Waals surface area contributed by atoms with Crippen molar-refractivity contribution < 1.29 is 18.3 Å². The van der Waals surface area contributed by atoms with E-state index in [0.29, 0.717) is 17.7 Å². The molecule has 0 radical (unpaired) electrons. The van der Waals surface area contributed by atoms with Crippen LogP contribution in [-0.2, 0) is 21.2 Å². The van der Waals surface area contributed by atoms with Crippen molar-refractivity contribution in [2.45, 2.75) is 38.6 Å². The smallest absolute Gasteiger partial charge is 0.322 e. The van der Waals surface area contributed by atoms with Gasteiger partial charge in [0.15, 0.2) is 5.96 Å². The number of nitrogens with one attached hydrogen (secondary N) is 3. The molecule has 0 heterocycles. The molecule has 0 aliphatic rings. The zero-order valence-corrected chi connectivity index (χ0v) is 14.4. The zero-order valence-electron chi connectivity index (χ0n) is 13.6. The maximum Gasteiger partial charge on any atom is 0.322 e. The van der Waals surface area contributed by atoms with Gasteiger partial charge >= 0.3 is 5.97 Å². The number of sulfonamides is 1. The quantitative estimate of drug-likeness (QED) is 0.241. The largest absolute Gasteiger partial charge is 0.480 e. The van der Waals surface area contributed by atoms with E-state index < -0.39 is 22.0 Å². The Hall–Kier alpha value is -2.13. The van der Waals surface area contributed by atoms with Crippen molar-refractivity contribution in [3.63, 3.8) is 0 Å². The van der Waals surface area contributed by atoms with E-state index in [4.69, 9.17) is 11.1 Å². The molecule has 0 aliphatic heterocycles. The first-order chi connectivity index (χ1) is 11.2. The van der Waals surface area contributed by atoms with Crippen molar-refractivity contribution in [3.05, 3.63) is 29.8 Å². The Labute approximate surface area is 142 Å². The lowest BCUT2D eigenvalue weighted by molar-refractivity contribution is -0.138. The number of nitrogens with two attached hydrogens (primary N) is 1. The molecule has 1 atom stereocenters. The number of rotatable bonds is 10. The third-order valence-corrected chi connectivity index (χ3v) is 4.78. The highest BCUT2D eigenvalue weighted by atomic mass is 32.2. The maximum atomic E-state index is 12.0. The predicted octanol–water partition coefficient (Wildman–Crippen LogP) is 1.10. The van der Waals surface area contributed by atoms with Crippen molar-refractivity contribution in [1.82, 2.24) is 4.72 Å². The summed E-state index contributed by atoms with van der Waals surface area (Å²) in [5.74, 6) is -1.50. The molecule has 0 spiro atoms. The molecular formula is C15H24N4O4S. The number of carboxylic acid groups (broad SMARTS) is 1. The molecule has 0 saturated heterocycles. The zero-order chi connectivity index (χ0) is 18.2. The van der Waals surface area contributed by atoms with Gasteiger partial charge < -0.3 is 16.2 Å². The van der Waals surface area contributed by atoms with Gasteiger partial charge in [0, 0.05) is 5.69 Å². The molecule has 8 nitrogen and oxygen atoms in total. The second-order valence-electron chi connectivity index (χ2n) is 5.47. The topological polar surface area (TPSA) is 145 Å². The second kappa shape index (κ2) is 9.24. The van der Waals surface area contributed by atoms with Crippen LogP contribution in [-0.4, -0.2) is 37.2 Å². The molecule has 1 aromatic carbocycles. The van der Waals surface area contributed by atoms with E-state index in [1.807, 2.05) is 6.92 Å². The average molecular weight is 356 g/mol. The minimum absolute atomic E-state index is 0.0304. The number of guanidine groups is 1. The van der Waals surface area contributed by atoms with E-state index in [1.54, 1.807) is 24.3 Å². The number of anilines is 1. The molecule has 6 N–H and O–H groups in total. The highest BCUT2D eigenvalue weighted by molar-refractivity contribution is 7.89. The minimum atomic E-state index is -3.63. The number of hydrogen-bond acceptors (Lipinski definition) is 4. The van der Waals surface area contributed by atoms with Crippen LogP contribution in [0.15, 0.2) is 24.3 Å². The molecule has 0 aliphatic carbocycles. The Morgan fingerprint density at radius 3 is 2.42 bits per heavy atom. The fourth-order valence-electron chi connectivity index (χ4n) is 2.11. The highest BCUT2D eigenvalue weighted by Gasteiger charge is 2.24. The van der Waals surface area contributed by atoms with E-state index in [9.17, 15) is 18.3 Å². The third kappa shape index (κ3) is 7.42. The van der Waals surface area contributed by atoms with Crippen LogP contribution in [0.5, 0.6) is 0 Å². The number of benzene rings is 1. The van der Waals surface area contributed by atoms with Crippen LogP contribution in [0.3, 0.4) is 0 Å². The minimum Gasteiger partial charge on any atom is -0.480 e. The lowest BCUT2D eigenvalue weighted by Gasteiger charge is -2.15. The highest BCUT2D eigenvalue weighted by Crippen LogP contribution is 2.12. The van der Waals surface area contributed by atoms with E-state index in [-0.39, 0.29) is 18.1 Å². The summed E-state index contributed by atoms with van der Waals surface area (Å²) in [6, 6.07) is 5.39.